The molecule has 0 unspecified atom stereocenters. The summed E-state index contributed by atoms with van der Waals surface area (Å²) in [6.45, 7) is 2.68. The molecule has 0 aliphatic carbocycles. The van der Waals surface area contributed by atoms with Gasteiger partial charge in [-0.25, -0.2) is 9.97 Å². The van der Waals surface area contributed by atoms with E-state index in [1.807, 2.05) is 25.4 Å². The van der Waals surface area contributed by atoms with Crippen LogP contribution in [-0.2, 0) is 11.3 Å². The first kappa shape index (κ1) is 23.6. The van der Waals surface area contributed by atoms with Gasteiger partial charge in [-0.15, -0.1) is 0 Å². The summed E-state index contributed by atoms with van der Waals surface area (Å²) in [5.41, 5.74) is 2.59. The molecule has 1 aliphatic rings. The number of aromatic nitrogens is 3. The summed E-state index contributed by atoms with van der Waals surface area (Å²) in [6, 6.07) is 3.69. The fourth-order valence-corrected chi connectivity index (χ4v) is 4.16. The summed E-state index contributed by atoms with van der Waals surface area (Å²) in [5, 5.41) is 4.34. The molecule has 2 N–H and O–H groups in total. The molecule has 0 saturated heterocycles. The molecule has 182 valence electrons. The van der Waals surface area contributed by atoms with Crippen LogP contribution in [0.15, 0.2) is 24.7 Å². The second-order valence-electron chi connectivity index (χ2n) is 8.45. The summed E-state index contributed by atoms with van der Waals surface area (Å²) in [7, 11) is 7.09. The lowest BCUT2D eigenvalue weighted by Crippen LogP contribution is -2.30. The number of H-pyrrole nitrogens is 1. The van der Waals surface area contributed by atoms with Crippen molar-refractivity contribution in [3.63, 3.8) is 0 Å². The molecule has 1 aliphatic heterocycles. The summed E-state index contributed by atoms with van der Waals surface area (Å²) < 4.78 is 17.1. The van der Waals surface area contributed by atoms with E-state index in [-0.39, 0.29) is 5.91 Å². The Morgan fingerprint density at radius 3 is 2.74 bits per heavy atom. The third-order valence-corrected chi connectivity index (χ3v) is 5.95. The predicted molar refractivity (Wildman–Crippen MR) is 130 cm³/mol. The van der Waals surface area contributed by atoms with Crippen LogP contribution < -0.4 is 19.5 Å². The van der Waals surface area contributed by atoms with Crippen LogP contribution in [0.3, 0.4) is 0 Å². The summed E-state index contributed by atoms with van der Waals surface area (Å²) in [6.07, 6.45) is 5.42. The van der Waals surface area contributed by atoms with E-state index in [1.54, 1.807) is 19.1 Å². The first-order valence-electron chi connectivity index (χ1n) is 11.4. The number of carbonyl (C=O) groups is 1. The normalized spacial score (nSPS) is 16.4. The van der Waals surface area contributed by atoms with Gasteiger partial charge in [0.15, 0.2) is 11.5 Å². The number of hydrogen-bond donors (Lipinski definition) is 2. The maximum absolute atomic E-state index is 12.5. The minimum absolute atomic E-state index is 0.116. The number of nitrogens with one attached hydrogen (secondary N) is 2. The monoisotopic (exact) mass is 468 g/mol. The van der Waals surface area contributed by atoms with Crippen molar-refractivity contribution in [2.45, 2.75) is 25.8 Å². The Morgan fingerprint density at radius 2 is 1.94 bits per heavy atom. The van der Waals surface area contributed by atoms with Crippen LogP contribution >= 0.6 is 0 Å². The van der Waals surface area contributed by atoms with E-state index < -0.39 is 0 Å². The highest BCUT2D eigenvalue weighted by atomic mass is 16.5. The molecule has 2 bridgehead atoms. The number of hydrogen-bond acceptors (Lipinski definition) is 8. The van der Waals surface area contributed by atoms with E-state index in [1.165, 1.54) is 6.33 Å². The van der Waals surface area contributed by atoms with E-state index in [0.717, 1.165) is 41.8 Å². The summed E-state index contributed by atoms with van der Waals surface area (Å²) in [4.78, 5) is 28.7. The second kappa shape index (κ2) is 10.6. The highest BCUT2D eigenvalue weighted by molar-refractivity contribution is 5.92. The van der Waals surface area contributed by atoms with Crippen molar-refractivity contribution >= 4 is 28.4 Å². The van der Waals surface area contributed by atoms with E-state index in [0.29, 0.717) is 49.1 Å². The molecule has 0 atom stereocenters. The fourth-order valence-electron chi connectivity index (χ4n) is 4.16. The van der Waals surface area contributed by atoms with E-state index >= 15 is 0 Å². The Balaban J connectivity index is 1.73. The first-order valence-corrected chi connectivity index (χ1v) is 11.4. The topological polar surface area (TPSA) is 105 Å². The van der Waals surface area contributed by atoms with Crippen molar-refractivity contribution < 1.29 is 19.0 Å². The lowest BCUT2D eigenvalue weighted by atomic mass is 10.2. The van der Waals surface area contributed by atoms with Gasteiger partial charge in [0.25, 0.3) is 0 Å². The lowest BCUT2D eigenvalue weighted by molar-refractivity contribution is -0.130. The molecule has 0 spiro atoms. The van der Waals surface area contributed by atoms with E-state index in [2.05, 4.69) is 32.2 Å². The third kappa shape index (κ3) is 5.17. The van der Waals surface area contributed by atoms with Gasteiger partial charge < -0.3 is 34.3 Å². The molecule has 1 aromatic carbocycles. The number of rotatable bonds is 2. The number of methoxy groups -OCH3 is 2. The van der Waals surface area contributed by atoms with Crippen molar-refractivity contribution in [2.24, 2.45) is 0 Å². The minimum atomic E-state index is 0.116. The van der Waals surface area contributed by atoms with Gasteiger partial charge in [0, 0.05) is 50.6 Å². The molecular formula is C24H32N6O4. The van der Waals surface area contributed by atoms with Crippen LogP contribution in [0.5, 0.6) is 17.2 Å². The average molecular weight is 469 g/mol. The number of nitrogens with zero attached hydrogens (tertiary/aromatic N) is 4. The molecule has 10 nitrogen and oxygen atoms in total. The molecular weight excluding hydrogens is 436 g/mol. The van der Waals surface area contributed by atoms with Crippen LogP contribution in [0.2, 0.25) is 0 Å². The van der Waals surface area contributed by atoms with Crippen molar-refractivity contribution in [3.8, 4) is 17.2 Å². The second-order valence-corrected chi connectivity index (χ2v) is 8.45. The molecule has 10 heteroatoms. The van der Waals surface area contributed by atoms with Crippen LogP contribution in [0, 0.1) is 0 Å². The van der Waals surface area contributed by atoms with E-state index in [9.17, 15) is 4.79 Å². The van der Waals surface area contributed by atoms with E-state index in [4.69, 9.17) is 14.2 Å². The van der Waals surface area contributed by atoms with Crippen LogP contribution in [0.4, 0.5) is 11.5 Å². The molecule has 4 rings (SSSR count). The zero-order valence-corrected chi connectivity index (χ0v) is 20.2. The zero-order valence-electron chi connectivity index (χ0n) is 20.2. The van der Waals surface area contributed by atoms with Gasteiger partial charge >= 0.3 is 0 Å². The SMILES string of the molecule is COc1cc2cc(c1OC)OCCCC(=O)N(C)CCCN(C)Cc1c[nH]c3ncnc(c13)N2. The summed E-state index contributed by atoms with van der Waals surface area (Å²) >= 11 is 0. The molecule has 2 aromatic heterocycles. The molecule has 1 amide bonds. The number of ether oxygens (including phenoxy) is 3. The Hall–Kier alpha value is -3.53. The fraction of sp³-hybridized carbons (Fsp3) is 0.458. The Morgan fingerprint density at radius 1 is 1.09 bits per heavy atom. The molecule has 3 aromatic rings. The number of fused-ring (bicyclic) bond motifs is 2. The van der Waals surface area contributed by atoms with Crippen LogP contribution in [-0.4, -0.2) is 78.7 Å². The van der Waals surface area contributed by atoms with Crippen molar-refractivity contribution in [2.75, 3.05) is 53.3 Å². The quantitative estimate of drug-likeness (QED) is 0.591. The van der Waals surface area contributed by atoms with Crippen LogP contribution in [0.1, 0.15) is 24.8 Å². The number of amides is 1. The highest BCUT2D eigenvalue weighted by Gasteiger charge is 2.18. The first-order chi connectivity index (χ1) is 16.5. The molecule has 0 saturated carbocycles. The van der Waals surface area contributed by atoms with Gasteiger partial charge in [-0.3, -0.25) is 4.79 Å². The average Bonchev–Trinajstić information content (AvgIpc) is 3.24. The largest absolute Gasteiger partial charge is 0.493 e. The minimum Gasteiger partial charge on any atom is -0.493 e. The van der Waals surface area contributed by atoms with Crippen molar-refractivity contribution in [1.29, 1.82) is 0 Å². The van der Waals surface area contributed by atoms with Gasteiger partial charge in [-0.05, 0) is 32.0 Å². The Bertz CT molecular complexity index is 1150. The van der Waals surface area contributed by atoms with Gasteiger partial charge in [0.1, 0.15) is 17.8 Å². The van der Waals surface area contributed by atoms with Gasteiger partial charge in [-0.1, -0.05) is 0 Å². The number of aromatic amines is 1. The molecule has 34 heavy (non-hydrogen) atoms. The molecule has 0 radical (unpaired) electrons. The Kier molecular flexibility index (Phi) is 7.36. The zero-order chi connectivity index (χ0) is 24.1. The van der Waals surface area contributed by atoms with Gasteiger partial charge in [0.05, 0.1) is 26.2 Å². The summed E-state index contributed by atoms with van der Waals surface area (Å²) in [5.74, 6) is 2.38. The molecule has 0 fully saturated rings. The highest BCUT2D eigenvalue weighted by Crippen LogP contribution is 2.41. The van der Waals surface area contributed by atoms with Crippen molar-refractivity contribution in [3.05, 3.63) is 30.2 Å². The third-order valence-electron chi connectivity index (χ3n) is 5.95. The van der Waals surface area contributed by atoms with Gasteiger partial charge in [0.2, 0.25) is 11.7 Å². The van der Waals surface area contributed by atoms with Gasteiger partial charge in [-0.2, -0.15) is 0 Å². The Labute approximate surface area is 199 Å². The number of anilines is 2. The number of carbonyl (C=O) groups excluding carboxylic acids is 1. The lowest BCUT2D eigenvalue weighted by Gasteiger charge is -2.21. The van der Waals surface area contributed by atoms with Crippen LogP contribution in [0.25, 0.3) is 11.0 Å². The standard InChI is InChI=1S/C24H32N6O4/c1-29-8-6-9-30(2)20(31)7-5-10-34-19-12-17(11-18(32-3)22(19)33-4)28-24-21-16(14-29)13-25-23(21)26-15-27-24/h11-13,15H,5-10,14H2,1-4H3,(H2,25,26,27,28). The number of benzene rings is 1. The maximum atomic E-state index is 12.5. The van der Waals surface area contributed by atoms with Crippen molar-refractivity contribution in [1.82, 2.24) is 24.8 Å². The molecule has 3 heterocycles. The smallest absolute Gasteiger partial charge is 0.222 e. The maximum Gasteiger partial charge on any atom is 0.222 e. The predicted octanol–water partition coefficient (Wildman–Crippen LogP) is 3.17.